The molecule has 12 heteroatoms. The molecule has 0 radical (unpaired) electrons. The summed E-state index contributed by atoms with van der Waals surface area (Å²) in [6.45, 7) is 4.86. The van der Waals surface area contributed by atoms with Crippen LogP contribution in [0.2, 0.25) is 0 Å². The quantitative estimate of drug-likeness (QED) is 0.149. The van der Waals surface area contributed by atoms with Gasteiger partial charge in [0.05, 0.1) is 21.4 Å². The number of fused-ring (bicyclic) bond motifs is 1. The Bertz CT molecular complexity index is 1790. The number of amides is 1. The lowest BCUT2D eigenvalue weighted by Gasteiger charge is -2.16. The summed E-state index contributed by atoms with van der Waals surface area (Å²) in [5.41, 5.74) is 0.837. The summed E-state index contributed by atoms with van der Waals surface area (Å²) in [6, 6.07) is 18.7. The number of hydrogen-bond donors (Lipinski definition) is 2. The van der Waals surface area contributed by atoms with Crippen LogP contribution in [-0.2, 0) is 14.8 Å². The number of nitrogens with zero attached hydrogens (tertiary/aromatic N) is 3. The first-order valence-corrected chi connectivity index (χ1v) is 13.3. The largest absolute Gasteiger partial charge is 0.805 e. The summed E-state index contributed by atoms with van der Waals surface area (Å²) in [4.78, 5) is 41.5. The number of nitrogens with one attached hydrogen (secondary N) is 2. The van der Waals surface area contributed by atoms with E-state index in [1.54, 1.807) is 62.4 Å². The zero-order chi connectivity index (χ0) is 28.3. The van der Waals surface area contributed by atoms with E-state index in [-0.39, 0.29) is 21.6 Å². The molecule has 0 saturated heterocycles. The lowest BCUT2D eigenvalue weighted by molar-refractivity contribution is -0.468. The second-order valence-electron chi connectivity index (χ2n) is 8.85. The Morgan fingerprint density at radius 2 is 1.59 bits per heavy atom. The van der Waals surface area contributed by atoms with Crippen LogP contribution in [0.25, 0.3) is 11.0 Å². The van der Waals surface area contributed by atoms with Crippen LogP contribution in [0.1, 0.15) is 33.7 Å². The number of hydrogen-bond acceptors (Lipinski definition) is 7. The van der Waals surface area contributed by atoms with Crippen LogP contribution in [0.15, 0.2) is 82.8 Å². The fourth-order valence-electron chi connectivity index (χ4n) is 3.87. The van der Waals surface area contributed by atoms with Gasteiger partial charge in [0.25, 0.3) is 21.4 Å². The van der Waals surface area contributed by atoms with Gasteiger partial charge in [0.1, 0.15) is 11.2 Å². The Hall–Kier alpha value is -4.84. The number of ketones is 1. The minimum absolute atomic E-state index is 0.0376. The van der Waals surface area contributed by atoms with Crippen LogP contribution in [0.5, 0.6) is 0 Å². The van der Waals surface area contributed by atoms with Crippen molar-refractivity contribution in [2.45, 2.75) is 32.1 Å². The number of aryl methyl sites for hydroxylation is 2. The summed E-state index contributed by atoms with van der Waals surface area (Å²) in [7, 11) is -4.19. The second kappa shape index (κ2) is 10.9. The number of carbonyl (C=O) groups excluding carboxylic acids is 2. The van der Waals surface area contributed by atoms with E-state index in [1.165, 1.54) is 31.2 Å². The van der Waals surface area contributed by atoms with Gasteiger partial charge in [0.2, 0.25) is 5.78 Å². The van der Waals surface area contributed by atoms with E-state index < -0.39 is 39.5 Å². The van der Waals surface area contributed by atoms with Crippen LogP contribution in [0.4, 0.5) is 5.69 Å². The monoisotopic (exact) mass is 547 g/mol. The maximum atomic E-state index is 13.3. The van der Waals surface area contributed by atoms with E-state index in [9.17, 15) is 28.1 Å². The number of carbonyl (C=O) groups is 2. The summed E-state index contributed by atoms with van der Waals surface area (Å²) >= 11 is 0. The maximum absolute atomic E-state index is 13.3. The second-order valence-corrected chi connectivity index (χ2v) is 10.5. The third kappa shape index (κ3) is 5.70. The Labute approximate surface area is 224 Å². The molecule has 4 rings (SSSR count). The van der Waals surface area contributed by atoms with Crippen molar-refractivity contribution in [2.24, 2.45) is 5.10 Å². The molecule has 0 aliphatic carbocycles. The summed E-state index contributed by atoms with van der Waals surface area (Å²) < 4.78 is 26.4. The predicted octanol–water partition coefficient (Wildman–Crippen LogP) is 3.37. The normalized spacial score (nSPS) is 11.8. The lowest BCUT2D eigenvalue weighted by Crippen LogP contribution is -2.34. The molecule has 0 fully saturated rings. The van der Waals surface area contributed by atoms with Crippen molar-refractivity contribution in [3.8, 4) is 0 Å². The van der Waals surface area contributed by atoms with Crippen molar-refractivity contribution in [1.29, 1.82) is 0 Å². The topological polar surface area (TPSA) is 156 Å². The first-order valence-electron chi connectivity index (χ1n) is 11.8. The zero-order valence-electron chi connectivity index (χ0n) is 21.3. The molecule has 200 valence electrons. The van der Waals surface area contributed by atoms with Gasteiger partial charge in [-0.15, -0.1) is 0 Å². The standard InChI is InChI=1S/C27H25N5O6S/c1-17-12-14-20(15-13-17)39(37,38)30-29-22(27(34)28-21-9-5-4-8-18(21)2)16-25(33)26-19(3)31(35)23-10-6-7-11-24(23)32(26)36/h4-15,30H,16H2,1-3H3,(H,28,34)/b29-22-. The van der Waals surface area contributed by atoms with Gasteiger partial charge in [-0.05, 0) is 50.6 Å². The summed E-state index contributed by atoms with van der Waals surface area (Å²) in [5.74, 6) is -1.76. The lowest BCUT2D eigenvalue weighted by atomic mass is 10.1. The SMILES string of the molecule is Cc1ccc(S(=O)(=O)N/N=C(/CC(=O)c2c(C)n([O-])c3ccccc3[n+]2=O)C(=O)Nc2ccccc2C)cc1. The van der Waals surface area contributed by atoms with Gasteiger partial charge >= 0.3 is 5.69 Å². The Morgan fingerprint density at radius 3 is 2.28 bits per heavy atom. The number of sulfonamides is 1. The molecule has 0 saturated carbocycles. The number of rotatable bonds is 8. The van der Waals surface area contributed by atoms with Crippen molar-refractivity contribution in [3.05, 3.63) is 105 Å². The first-order chi connectivity index (χ1) is 18.5. The minimum Gasteiger partial charge on any atom is -0.805 e. The predicted molar refractivity (Wildman–Crippen MR) is 146 cm³/mol. The van der Waals surface area contributed by atoms with E-state index >= 15 is 0 Å². The summed E-state index contributed by atoms with van der Waals surface area (Å²) in [6.07, 6.45) is -0.768. The number of aromatic nitrogens is 2. The molecular formula is C27H25N5O6S. The van der Waals surface area contributed by atoms with Crippen LogP contribution < -0.4 is 14.6 Å². The van der Waals surface area contributed by atoms with Gasteiger partial charge in [0, 0.05) is 16.7 Å². The average molecular weight is 548 g/mol. The van der Waals surface area contributed by atoms with Crippen molar-refractivity contribution in [1.82, 2.24) is 9.56 Å². The molecule has 39 heavy (non-hydrogen) atoms. The van der Waals surface area contributed by atoms with Gasteiger partial charge in [-0.3, -0.25) is 9.59 Å². The van der Waals surface area contributed by atoms with E-state index in [1.807, 2.05) is 4.83 Å². The summed E-state index contributed by atoms with van der Waals surface area (Å²) in [5, 5.41) is 19.1. The highest BCUT2D eigenvalue weighted by molar-refractivity contribution is 7.89. The molecule has 11 nitrogen and oxygen atoms in total. The highest BCUT2D eigenvalue weighted by Crippen LogP contribution is 2.17. The van der Waals surface area contributed by atoms with E-state index in [0.717, 1.165) is 5.56 Å². The van der Waals surface area contributed by atoms with Crippen LogP contribution in [0, 0.1) is 30.9 Å². The van der Waals surface area contributed by atoms with Crippen LogP contribution >= 0.6 is 0 Å². The van der Waals surface area contributed by atoms with Gasteiger partial charge in [-0.1, -0.05) is 48.0 Å². The molecule has 3 aromatic carbocycles. The smallest absolute Gasteiger partial charge is 0.325 e. The minimum atomic E-state index is -4.19. The third-order valence-corrected chi connectivity index (χ3v) is 7.27. The fourth-order valence-corrected chi connectivity index (χ4v) is 4.70. The molecule has 0 bridgehead atoms. The molecule has 0 spiro atoms. The molecule has 2 N–H and O–H groups in total. The van der Waals surface area contributed by atoms with Crippen LogP contribution in [0.3, 0.4) is 0 Å². The molecule has 1 aromatic heterocycles. The maximum Gasteiger partial charge on any atom is 0.325 e. The van der Waals surface area contributed by atoms with Crippen molar-refractivity contribution >= 4 is 44.1 Å². The number of Topliss-reactive ketones (excluding diaryl/α,β-unsaturated/α-hetero) is 1. The van der Waals surface area contributed by atoms with Crippen molar-refractivity contribution < 1.29 is 22.4 Å². The van der Waals surface area contributed by atoms with Gasteiger partial charge in [-0.2, -0.15) is 18.4 Å². The number of hydrazone groups is 1. The highest BCUT2D eigenvalue weighted by Gasteiger charge is 2.30. The van der Waals surface area contributed by atoms with E-state index in [0.29, 0.717) is 20.4 Å². The average Bonchev–Trinajstić information content (AvgIpc) is 2.91. The highest BCUT2D eigenvalue weighted by atomic mass is 32.2. The molecule has 4 aromatic rings. The number of benzene rings is 3. The first kappa shape index (κ1) is 27.2. The zero-order valence-corrected chi connectivity index (χ0v) is 22.2. The third-order valence-electron chi connectivity index (χ3n) is 6.05. The van der Waals surface area contributed by atoms with Crippen molar-refractivity contribution in [2.75, 3.05) is 5.32 Å². The van der Waals surface area contributed by atoms with Gasteiger partial charge in [-0.25, -0.2) is 0 Å². The molecule has 1 amide bonds. The molecule has 0 atom stereocenters. The van der Waals surface area contributed by atoms with Gasteiger partial charge < -0.3 is 15.3 Å². The molecule has 0 aliphatic rings. The number of anilines is 1. The Kier molecular flexibility index (Phi) is 7.58. The molecular weight excluding hydrogens is 522 g/mol. The number of para-hydroxylation sites is 3. The fraction of sp³-hybridized carbons (Fsp3) is 0.148. The van der Waals surface area contributed by atoms with Crippen LogP contribution in [-0.4, -0.2) is 30.6 Å². The molecule has 1 heterocycles. The van der Waals surface area contributed by atoms with E-state index in [4.69, 9.17) is 0 Å². The van der Waals surface area contributed by atoms with Gasteiger partial charge in [0.15, 0.2) is 0 Å². The Morgan fingerprint density at radius 1 is 0.949 bits per heavy atom. The molecule has 0 unspecified atom stereocenters. The molecule has 0 aliphatic heterocycles. The Balaban J connectivity index is 1.73. The van der Waals surface area contributed by atoms with E-state index in [2.05, 4.69) is 10.4 Å². The van der Waals surface area contributed by atoms with Crippen molar-refractivity contribution in [3.63, 3.8) is 0 Å².